The smallest absolute Gasteiger partial charge is 0.191 e. The topological polar surface area (TPSA) is 112 Å². The van der Waals surface area contributed by atoms with Gasteiger partial charge in [-0.15, -0.1) is 0 Å². The van der Waals surface area contributed by atoms with Crippen molar-refractivity contribution in [1.29, 1.82) is 5.41 Å². The molecule has 0 amide bonds. The third-order valence-electron chi connectivity index (χ3n) is 10.5. The van der Waals surface area contributed by atoms with Crippen LogP contribution in [0.5, 0.6) is 0 Å². The van der Waals surface area contributed by atoms with Gasteiger partial charge in [0.25, 0.3) is 0 Å². The van der Waals surface area contributed by atoms with E-state index in [2.05, 4.69) is 6.92 Å². The molecule has 0 radical (unpaired) electrons. The average Bonchev–Trinajstić information content (AvgIpc) is 3.42. The number of hydrogen-bond donors (Lipinski definition) is 3. The molecule has 0 aromatic rings. The molecule has 7 heteroatoms. The minimum absolute atomic E-state index is 0.0427. The van der Waals surface area contributed by atoms with Gasteiger partial charge in [0.2, 0.25) is 0 Å². The van der Waals surface area contributed by atoms with E-state index in [9.17, 15) is 18.3 Å². The molecule has 5 fully saturated rings. The molecule has 10 unspecified atom stereocenters. The van der Waals surface area contributed by atoms with Gasteiger partial charge in [0.05, 0.1) is 5.60 Å². The highest BCUT2D eigenvalue weighted by Gasteiger charge is 2.70. The lowest BCUT2D eigenvalue weighted by molar-refractivity contribution is -0.576. The van der Waals surface area contributed by atoms with E-state index in [1.165, 1.54) is 31.9 Å². The van der Waals surface area contributed by atoms with Gasteiger partial charge in [-0.3, -0.25) is 4.79 Å². The highest BCUT2D eigenvalue weighted by atomic mass is 32.2. The summed E-state index contributed by atoms with van der Waals surface area (Å²) in [6.07, 6.45) is 12.5. The monoisotopic (exact) mass is 477 g/mol. The first-order valence-electron chi connectivity index (χ1n) is 13.0. The Bertz CT molecular complexity index is 973. The van der Waals surface area contributed by atoms with Crippen LogP contribution in [0.3, 0.4) is 0 Å². The molecule has 0 aromatic carbocycles. The second-order valence-electron chi connectivity index (χ2n) is 12.6. The molecule has 0 aromatic heterocycles. The van der Waals surface area contributed by atoms with E-state index in [1.807, 2.05) is 6.92 Å². The zero-order valence-electron chi connectivity index (χ0n) is 20.3. The number of aliphatic hydroxyl groups is 1. The van der Waals surface area contributed by atoms with Crippen LogP contribution in [0.4, 0.5) is 0 Å². The Balaban J connectivity index is 1.30. The number of hydrogen-bond acceptors (Lipinski definition) is 5. The number of carbonyl (C=O) groups excluding carboxylic acids is 1. The third kappa shape index (κ3) is 3.96. The Morgan fingerprint density at radius 1 is 1.06 bits per heavy atom. The first-order valence-corrected chi connectivity index (χ1v) is 14.8. The molecule has 0 aliphatic heterocycles. The summed E-state index contributed by atoms with van der Waals surface area (Å²) in [7, 11) is -3.44. The summed E-state index contributed by atoms with van der Waals surface area (Å²) >= 11 is 0. The van der Waals surface area contributed by atoms with Crippen LogP contribution in [0, 0.1) is 58.2 Å². The molecule has 33 heavy (non-hydrogen) atoms. The highest BCUT2D eigenvalue weighted by molar-refractivity contribution is 7.95. The van der Waals surface area contributed by atoms with Gasteiger partial charge in [0.15, 0.2) is 15.6 Å². The van der Waals surface area contributed by atoms with Crippen molar-refractivity contribution in [1.82, 2.24) is 0 Å². The summed E-state index contributed by atoms with van der Waals surface area (Å²) < 4.78 is 23.4. The Morgan fingerprint density at radius 2 is 1.79 bits per heavy atom. The minimum atomic E-state index is -3.44. The lowest BCUT2D eigenvalue weighted by Crippen LogP contribution is -2.81. The van der Waals surface area contributed by atoms with E-state index < -0.39 is 15.4 Å². The van der Waals surface area contributed by atoms with Gasteiger partial charge >= 0.3 is 0 Å². The molecule has 0 saturated heterocycles. The van der Waals surface area contributed by atoms with E-state index in [-0.39, 0.29) is 28.6 Å². The number of nitrogens with two attached hydrogens (primary N) is 1. The fourth-order valence-electron chi connectivity index (χ4n) is 9.35. The van der Waals surface area contributed by atoms with Gasteiger partial charge < -0.3 is 15.8 Å². The maximum Gasteiger partial charge on any atom is 0.191 e. The lowest BCUT2D eigenvalue weighted by atomic mass is 9.48. The summed E-state index contributed by atoms with van der Waals surface area (Å²) in [4.78, 5) is 13.4. The molecule has 5 rings (SSSR count). The predicted molar refractivity (Wildman–Crippen MR) is 127 cm³/mol. The molecular weight excluding hydrogens is 436 g/mol. The van der Waals surface area contributed by atoms with Gasteiger partial charge in [-0.2, -0.15) is 0 Å². The van der Waals surface area contributed by atoms with Crippen molar-refractivity contribution in [3.05, 3.63) is 11.1 Å². The van der Waals surface area contributed by atoms with E-state index in [4.69, 9.17) is 5.41 Å². The van der Waals surface area contributed by atoms with Crippen LogP contribution in [0.15, 0.2) is 11.1 Å². The summed E-state index contributed by atoms with van der Waals surface area (Å²) in [5, 5.41) is 19.6. The van der Waals surface area contributed by atoms with E-state index >= 15 is 0 Å². The summed E-state index contributed by atoms with van der Waals surface area (Å²) in [5.41, 5.74) is -0.402. The predicted octanol–water partition coefficient (Wildman–Crippen LogP) is 2.53. The number of Topliss-reactive ketones (excluding diaryl/α,β-unsaturated/α-hetero) is 1. The maximum absolute atomic E-state index is 13.4. The number of fused-ring (bicyclic) bond motifs is 7. The third-order valence-corrected chi connectivity index (χ3v) is 11.7. The van der Waals surface area contributed by atoms with Gasteiger partial charge in [-0.25, -0.2) is 8.42 Å². The minimum Gasteiger partial charge on any atom is -0.390 e. The van der Waals surface area contributed by atoms with Crippen LogP contribution >= 0.6 is 0 Å². The van der Waals surface area contributed by atoms with Crippen LogP contribution in [0.1, 0.15) is 65.2 Å². The fourth-order valence-corrected chi connectivity index (χ4v) is 9.91. The number of allylic oxidation sites excluding steroid dienone is 1. The van der Waals surface area contributed by atoms with Crippen LogP contribution in [-0.2, 0) is 14.6 Å². The van der Waals surface area contributed by atoms with Gasteiger partial charge in [0, 0.05) is 18.4 Å². The Kier molecular flexibility index (Phi) is 5.73. The molecule has 10 atom stereocenters. The van der Waals surface area contributed by atoms with Crippen molar-refractivity contribution in [2.75, 3.05) is 12.8 Å². The standard InChI is InChI=1S/C26H40N2O4S/c1-25(30)8-6-17-15(11-25)4-5-19-18(17)7-9-26(2)23(19)20-10-21(20)24(26)22(29)14-28-13-16(12-27)33(3,31)32/h12-13,15,17-21,23-24,27-28,30H,4-11,14H2,1-3H3/p+1. The SMILES string of the molecule is CC1(O)CCC2C(CCC3C2CCC2(C)C(C(=O)C[NH2+]C=C(C=N)S(C)(=O)=O)C4CC4C32)C1. The molecule has 5 aliphatic carbocycles. The molecule has 0 heterocycles. The second-order valence-corrected chi connectivity index (χ2v) is 14.6. The van der Waals surface area contributed by atoms with Crippen LogP contribution < -0.4 is 5.32 Å². The fraction of sp³-hybridized carbons (Fsp3) is 0.846. The first kappa shape index (κ1) is 23.7. The molecule has 6 nitrogen and oxygen atoms in total. The highest BCUT2D eigenvalue weighted by Crippen LogP contribution is 2.74. The molecule has 4 N–H and O–H groups in total. The van der Waals surface area contributed by atoms with Gasteiger partial charge in [-0.05, 0) is 105 Å². The Labute approximate surface area is 198 Å². The van der Waals surface area contributed by atoms with Gasteiger partial charge in [-0.1, -0.05) is 6.92 Å². The second kappa shape index (κ2) is 7.99. The zero-order valence-corrected chi connectivity index (χ0v) is 21.1. The summed E-state index contributed by atoms with van der Waals surface area (Å²) in [6.45, 7) is 4.66. The van der Waals surface area contributed by atoms with E-state index in [1.54, 1.807) is 5.32 Å². The molecule has 5 aliphatic rings. The Morgan fingerprint density at radius 3 is 2.48 bits per heavy atom. The quantitative estimate of drug-likeness (QED) is 0.510. The molecular formula is C26H41N2O4S+. The normalized spacial score (nSPS) is 48.8. The molecule has 0 spiro atoms. The van der Waals surface area contributed by atoms with E-state index in [0.29, 0.717) is 23.7 Å². The summed E-state index contributed by atoms with van der Waals surface area (Å²) in [5.74, 6) is 5.18. The number of quaternary nitrogens is 1. The number of carbonyl (C=O) groups is 1. The van der Waals surface area contributed by atoms with Crippen LogP contribution in [0.2, 0.25) is 0 Å². The van der Waals surface area contributed by atoms with Crippen molar-refractivity contribution in [2.24, 2.45) is 52.8 Å². The van der Waals surface area contributed by atoms with Crippen LogP contribution in [-0.4, -0.2) is 43.9 Å². The van der Waals surface area contributed by atoms with Crippen molar-refractivity contribution in [3.63, 3.8) is 0 Å². The zero-order chi connectivity index (χ0) is 23.8. The van der Waals surface area contributed by atoms with Crippen LogP contribution in [0.25, 0.3) is 0 Å². The van der Waals surface area contributed by atoms with Crippen molar-refractivity contribution < 1.29 is 23.6 Å². The van der Waals surface area contributed by atoms with Crippen molar-refractivity contribution in [2.45, 2.75) is 70.8 Å². The van der Waals surface area contributed by atoms with Crippen molar-refractivity contribution in [3.8, 4) is 0 Å². The maximum atomic E-state index is 13.4. The Hall–Kier alpha value is -1.05. The van der Waals surface area contributed by atoms with Gasteiger partial charge in [0.1, 0.15) is 17.6 Å². The molecule has 5 saturated carbocycles. The number of nitrogens with one attached hydrogen (secondary N) is 1. The average molecular weight is 478 g/mol. The lowest BCUT2D eigenvalue weighted by Gasteiger charge is -2.57. The number of sulfone groups is 1. The molecule has 184 valence electrons. The van der Waals surface area contributed by atoms with Crippen molar-refractivity contribution >= 4 is 21.8 Å². The number of ketones is 1. The molecule has 0 bridgehead atoms. The summed E-state index contributed by atoms with van der Waals surface area (Å²) in [6, 6.07) is 0. The largest absolute Gasteiger partial charge is 0.390 e. The first-order chi connectivity index (χ1) is 15.5. The number of rotatable bonds is 6. The van der Waals surface area contributed by atoms with E-state index in [0.717, 1.165) is 55.9 Å².